The third kappa shape index (κ3) is 5.02. The van der Waals surface area contributed by atoms with Crippen molar-refractivity contribution in [2.24, 2.45) is 11.7 Å². The highest BCUT2D eigenvalue weighted by Crippen LogP contribution is 2.32. The molecule has 2 aromatic rings. The predicted octanol–water partition coefficient (Wildman–Crippen LogP) is 3.67. The second-order valence-corrected chi connectivity index (χ2v) is 9.40. The van der Waals surface area contributed by atoms with Gasteiger partial charge in [0.15, 0.2) is 0 Å². The fourth-order valence-electron chi connectivity index (χ4n) is 3.57. The number of amides is 1. The van der Waals surface area contributed by atoms with Crippen LogP contribution in [-0.2, 0) is 27.4 Å². The average Bonchev–Trinajstić information content (AvgIpc) is 2.72. The van der Waals surface area contributed by atoms with Crippen molar-refractivity contribution >= 4 is 15.7 Å². The molecule has 1 fully saturated rings. The molecule has 3 rings (SSSR count). The molecule has 1 saturated carbocycles. The van der Waals surface area contributed by atoms with E-state index in [0.717, 1.165) is 43.9 Å². The van der Waals surface area contributed by atoms with E-state index in [4.69, 9.17) is 5.73 Å². The number of alkyl halides is 3. The first-order chi connectivity index (χ1) is 14.1. The molecule has 30 heavy (non-hydrogen) atoms. The van der Waals surface area contributed by atoms with Crippen LogP contribution in [0.15, 0.2) is 58.3 Å². The SMILES string of the molecule is N[C@@H]1CCCC[C@H]1C(=O)NCc1ccc(S(=O)(=O)c2cccc(C(F)(F)F)c2)cc1. The standard InChI is InChI=1S/C21H23F3N2O3S/c22-21(23,24)15-4-3-5-17(12-15)30(28,29)16-10-8-14(9-11-16)13-26-20(27)18-6-1-2-7-19(18)25/h3-5,8-12,18-19H,1-2,6-7,13,25H2,(H,26,27)/t18-,19-/m1/s1. The fraction of sp³-hybridized carbons (Fsp3) is 0.381. The fourth-order valence-corrected chi connectivity index (χ4v) is 4.87. The summed E-state index contributed by atoms with van der Waals surface area (Å²) in [6, 6.07) is 9.19. The van der Waals surface area contributed by atoms with Gasteiger partial charge in [0.2, 0.25) is 15.7 Å². The van der Waals surface area contributed by atoms with Gasteiger partial charge in [-0.3, -0.25) is 4.79 Å². The van der Waals surface area contributed by atoms with Gasteiger partial charge in [-0.2, -0.15) is 13.2 Å². The van der Waals surface area contributed by atoms with Gasteiger partial charge in [0.25, 0.3) is 0 Å². The van der Waals surface area contributed by atoms with Crippen molar-refractivity contribution < 1.29 is 26.4 Å². The first kappa shape index (κ1) is 22.3. The Kier molecular flexibility index (Phi) is 6.52. The zero-order valence-corrected chi connectivity index (χ0v) is 17.0. The first-order valence-electron chi connectivity index (χ1n) is 9.63. The van der Waals surface area contributed by atoms with E-state index in [1.165, 1.54) is 24.3 Å². The Hall–Kier alpha value is -2.39. The minimum absolute atomic E-state index is 0.119. The van der Waals surface area contributed by atoms with E-state index in [9.17, 15) is 26.4 Å². The lowest BCUT2D eigenvalue weighted by Crippen LogP contribution is -2.43. The molecule has 0 spiro atoms. The quantitative estimate of drug-likeness (QED) is 0.743. The number of carbonyl (C=O) groups excluding carboxylic acids is 1. The van der Waals surface area contributed by atoms with Crippen molar-refractivity contribution in [1.82, 2.24) is 5.32 Å². The topological polar surface area (TPSA) is 89.3 Å². The molecule has 0 aliphatic heterocycles. The van der Waals surface area contributed by atoms with Gasteiger partial charge in [-0.1, -0.05) is 31.0 Å². The highest BCUT2D eigenvalue weighted by atomic mass is 32.2. The number of sulfone groups is 1. The molecule has 0 radical (unpaired) electrons. The molecular weight excluding hydrogens is 417 g/mol. The highest BCUT2D eigenvalue weighted by Gasteiger charge is 2.32. The Labute approximate surface area is 173 Å². The molecule has 1 aliphatic rings. The monoisotopic (exact) mass is 440 g/mol. The van der Waals surface area contributed by atoms with Crippen LogP contribution in [0.5, 0.6) is 0 Å². The molecule has 2 atom stereocenters. The number of nitrogens with one attached hydrogen (secondary N) is 1. The summed E-state index contributed by atoms with van der Waals surface area (Å²) in [6.07, 6.45) is -1.07. The molecule has 0 aromatic heterocycles. The summed E-state index contributed by atoms with van der Waals surface area (Å²) in [6.45, 7) is 0.214. The molecular formula is C21H23F3N2O3S. The Morgan fingerprint density at radius 3 is 2.33 bits per heavy atom. The number of nitrogens with two attached hydrogens (primary N) is 1. The van der Waals surface area contributed by atoms with Crippen LogP contribution in [0.3, 0.4) is 0 Å². The summed E-state index contributed by atoms with van der Waals surface area (Å²) in [7, 11) is -4.10. The van der Waals surface area contributed by atoms with E-state index < -0.39 is 26.5 Å². The minimum Gasteiger partial charge on any atom is -0.352 e. The summed E-state index contributed by atoms with van der Waals surface area (Å²) in [4.78, 5) is 11.8. The predicted molar refractivity (Wildman–Crippen MR) is 105 cm³/mol. The molecule has 9 heteroatoms. The maximum atomic E-state index is 12.9. The second kappa shape index (κ2) is 8.77. The maximum Gasteiger partial charge on any atom is 0.416 e. The summed E-state index contributed by atoms with van der Waals surface area (Å²) in [5, 5.41) is 2.82. The van der Waals surface area contributed by atoms with Gasteiger partial charge < -0.3 is 11.1 Å². The van der Waals surface area contributed by atoms with Crippen LogP contribution in [0, 0.1) is 5.92 Å². The molecule has 162 valence electrons. The van der Waals surface area contributed by atoms with Gasteiger partial charge >= 0.3 is 6.18 Å². The number of halogens is 3. The summed E-state index contributed by atoms with van der Waals surface area (Å²) < 4.78 is 64.0. The van der Waals surface area contributed by atoms with Crippen LogP contribution >= 0.6 is 0 Å². The number of carbonyl (C=O) groups is 1. The van der Waals surface area contributed by atoms with Crippen molar-refractivity contribution in [3.8, 4) is 0 Å². The second-order valence-electron chi connectivity index (χ2n) is 7.45. The molecule has 3 N–H and O–H groups in total. The summed E-state index contributed by atoms with van der Waals surface area (Å²) in [5.74, 6) is -0.345. The lowest BCUT2D eigenvalue weighted by Gasteiger charge is -2.27. The van der Waals surface area contributed by atoms with Crippen LogP contribution in [0.1, 0.15) is 36.8 Å². The number of hydrogen-bond acceptors (Lipinski definition) is 4. The van der Waals surface area contributed by atoms with Crippen molar-refractivity contribution in [1.29, 1.82) is 0 Å². The Balaban J connectivity index is 1.70. The zero-order valence-electron chi connectivity index (χ0n) is 16.2. The van der Waals surface area contributed by atoms with E-state index >= 15 is 0 Å². The Morgan fingerprint density at radius 1 is 1.03 bits per heavy atom. The van der Waals surface area contributed by atoms with Gasteiger partial charge in [0.05, 0.1) is 21.3 Å². The third-order valence-electron chi connectivity index (χ3n) is 5.33. The van der Waals surface area contributed by atoms with Crippen LogP contribution in [0.4, 0.5) is 13.2 Å². The normalized spacial score (nSPS) is 20.0. The molecule has 0 bridgehead atoms. The van der Waals surface area contributed by atoms with E-state index in [1.807, 2.05) is 0 Å². The average molecular weight is 440 g/mol. The van der Waals surface area contributed by atoms with Gasteiger partial charge in [-0.25, -0.2) is 8.42 Å². The number of benzene rings is 2. The van der Waals surface area contributed by atoms with Gasteiger partial charge in [-0.05, 0) is 48.7 Å². The van der Waals surface area contributed by atoms with E-state index in [2.05, 4.69) is 5.32 Å². The Morgan fingerprint density at radius 2 is 1.70 bits per heavy atom. The maximum absolute atomic E-state index is 12.9. The van der Waals surface area contributed by atoms with Crippen LogP contribution in [0.2, 0.25) is 0 Å². The molecule has 0 saturated heterocycles. The van der Waals surface area contributed by atoms with Crippen LogP contribution in [0.25, 0.3) is 0 Å². The van der Waals surface area contributed by atoms with Gasteiger partial charge in [0.1, 0.15) is 0 Å². The largest absolute Gasteiger partial charge is 0.416 e. The molecule has 0 unspecified atom stereocenters. The third-order valence-corrected chi connectivity index (χ3v) is 7.10. The minimum atomic E-state index is -4.63. The van der Waals surface area contributed by atoms with Crippen molar-refractivity contribution in [2.45, 2.75) is 54.2 Å². The van der Waals surface area contributed by atoms with E-state index in [0.29, 0.717) is 11.6 Å². The molecule has 1 amide bonds. The van der Waals surface area contributed by atoms with Crippen molar-refractivity contribution in [3.05, 3.63) is 59.7 Å². The highest BCUT2D eigenvalue weighted by molar-refractivity contribution is 7.91. The van der Waals surface area contributed by atoms with Crippen LogP contribution in [-0.4, -0.2) is 20.4 Å². The van der Waals surface area contributed by atoms with Gasteiger partial charge in [-0.15, -0.1) is 0 Å². The molecule has 0 heterocycles. The molecule has 5 nitrogen and oxygen atoms in total. The lowest BCUT2D eigenvalue weighted by molar-refractivity contribution is -0.137. The van der Waals surface area contributed by atoms with E-state index in [1.54, 1.807) is 0 Å². The summed E-state index contributed by atoms with van der Waals surface area (Å²) in [5.41, 5.74) is 5.66. The lowest BCUT2D eigenvalue weighted by atomic mass is 9.84. The van der Waals surface area contributed by atoms with Crippen molar-refractivity contribution in [2.75, 3.05) is 0 Å². The Bertz CT molecular complexity index is 1000. The van der Waals surface area contributed by atoms with Crippen molar-refractivity contribution in [3.63, 3.8) is 0 Å². The molecule has 1 aliphatic carbocycles. The number of rotatable bonds is 5. The van der Waals surface area contributed by atoms with Gasteiger partial charge in [0, 0.05) is 12.6 Å². The number of hydrogen-bond donors (Lipinski definition) is 2. The smallest absolute Gasteiger partial charge is 0.352 e. The van der Waals surface area contributed by atoms with E-state index in [-0.39, 0.29) is 29.3 Å². The summed E-state index contributed by atoms with van der Waals surface area (Å²) >= 11 is 0. The van der Waals surface area contributed by atoms with Crippen LogP contribution < -0.4 is 11.1 Å². The molecule has 2 aromatic carbocycles. The first-order valence-corrected chi connectivity index (χ1v) is 11.1. The zero-order chi connectivity index (χ0) is 21.9.